The molecule has 1 N–H and O–H groups in total. The maximum absolute atomic E-state index is 12.2. The minimum atomic E-state index is -0.442. The molecule has 1 saturated carbocycles. The predicted molar refractivity (Wildman–Crippen MR) is 96.4 cm³/mol. The zero-order valence-corrected chi connectivity index (χ0v) is 17.0. The van der Waals surface area contributed by atoms with Gasteiger partial charge in [0.2, 0.25) is 0 Å². The molecule has 2 rings (SSSR count). The Morgan fingerprint density at radius 3 is 2.65 bits per heavy atom. The van der Waals surface area contributed by atoms with E-state index in [1.165, 1.54) is 0 Å². The predicted octanol–water partition coefficient (Wildman–Crippen LogP) is 4.68. The van der Waals surface area contributed by atoms with Crippen LogP contribution in [0.25, 0.3) is 0 Å². The van der Waals surface area contributed by atoms with Crippen LogP contribution in [0.15, 0.2) is 19.6 Å². The number of carbonyl (C=O) groups excluding carboxylic acids is 1. The number of rotatable bonds is 7. The van der Waals surface area contributed by atoms with Gasteiger partial charge in [-0.25, -0.2) is 4.79 Å². The van der Waals surface area contributed by atoms with Crippen molar-refractivity contribution >= 4 is 38.0 Å². The standard InChI is InChI=1S/C16H24Br2N2O3/c1-16(2,3)23-15(21)20(11-5-6-11)8-4-7-19-10-12-9-13(17)14(18)22-12/h9,11,19H,4-8,10H2,1-3H3. The Labute approximate surface area is 154 Å². The molecule has 0 aromatic carbocycles. The van der Waals surface area contributed by atoms with Gasteiger partial charge in [-0.2, -0.15) is 0 Å². The summed E-state index contributed by atoms with van der Waals surface area (Å²) in [6, 6.07) is 2.30. The molecule has 0 saturated heterocycles. The van der Waals surface area contributed by atoms with E-state index in [1.807, 2.05) is 31.7 Å². The summed E-state index contributed by atoms with van der Waals surface area (Å²) in [6.07, 6.45) is 2.86. The van der Waals surface area contributed by atoms with Crippen molar-refractivity contribution in [2.24, 2.45) is 0 Å². The van der Waals surface area contributed by atoms with Gasteiger partial charge in [-0.15, -0.1) is 0 Å². The summed E-state index contributed by atoms with van der Waals surface area (Å²) in [4.78, 5) is 14.1. The molecule has 1 aliphatic carbocycles. The van der Waals surface area contributed by atoms with E-state index in [-0.39, 0.29) is 6.09 Å². The number of furan rings is 1. The van der Waals surface area contributed by atoms with Gasteiger partial charge in [0.25, 0.3) is 0 Å². The first-order valence-corrected chi connectivity index (χ1v) is 9.49. The molecule has 5 nitrogen and oxygen atoms in total. The molecule has 23 heavy (non-hydrogen) atoms. The normalized spacial score (nSPS) is 14.8. The second kappa shape index (κ2) is 8.03. The van der Waals surface area contributed by atoms with E-state index in [9.17, 15) is 4.79 Å². The van der Waals surface area contributed by atoms with Crippen LogP contribution in [0.2, 0.25) is 0 Å². The van der Waals surface area contributed by atoms with Gasteiger partial charge in [-0.05, 0) is 84.5 Å². The number of hydrogen-bond donors (Lipinski definition) is 1. The molecule has 0 aliphatic heterocycles. The van der Waals surface area contributed by atoms with Crippen LogP contribution in [-0.4, -0.2) is 35.7 Å². The number of hydrogen-bond acceptors (Lipinski definition) is 4. The zero-order chi connectivity index (χ0) is 17.0. The summed E-state index contributed by atoms with van der Waals surface area (Å²) in [5.41, 5.74) is -0.442. The van der Waals surface area contributed by atoms with Crippen LogP contribution in [0.4, 0.5) is 4.79 Å². The number of halogens is 2. The van der Waals surface area contributed by atoms with Crippen LogP contribution >= 0.6 is 31.9 Å². The lowest BCUT2D eigenvalue weighted by molar-refractivity contribution is 0.0232. The molecule has 1 aliphatic rings. The van der Waals surface area contributed by atoms with E-state index >= 15 is 0 Å². The van der Waals surface area contributed by atoms with Crippen LogP contribution in [0.1, 0.15) is 45.8 Å². The van der Waals surface area contributed by atoms with Crippen LogP contribution < -0.4 is 5.32 Å². The average Bonchev–Trinajstić information content (AvgIpc) is 3.19. The van der Waals surface area contributed by atoms with Gasteiger partial charge in [0.1, 0.15) is 11.4 Å². The fraction of sp³-hybridized carbons (Fsp3) is 0.688. The monoisotopic (exact) mass is 450 g/mol. The smallest absolute Gasteiger partial charge is 0.410 e. The first-order chi connectivity index (χ1) is 10.8. The Bertz CT molecular complexity index is 516. The van der Waals surface area contributed by atoms with Gasteiger partial charge >= 0.3 is 6.09 Å². The largest absolute Gasteiger partial charge is 0.452 e. The fourth-order valence-electron chi connectivity index (χ4n) is 2.19. The molecular formula is C16H24Br2N2O3. The summed E-state index contributed by atoms with van der Waals surface area (Å²) in [7, 11) is 0. The lowest BCUT2D eigenvalue weighted by Gasteiger charge is -2.27. The number of carbonyl (C=O) groups is 1. The lowest BCUT2D eigenvalue weighted by atomic mass is 10.2. The van der Waals surface area contributed by atoms with Crippen molar-refractivity contribution in [3.05, 3.63) is 21.0 Å². The molecule has 130 valence electrons. The van der Waals surface area contributed by atoms with Crippen molar-refractivity contribution in [1.29, 1.82) is 0 Å². The maximum atomic E-state index is 12.2. The van der Waals surface area contributed by atoms with E-state index in [1.54, 1.807) is 0 Å². The Morgan fingerprint density at radius 1 is 1.43 bits per heavy atom. The molecule has 0 radical (unpaired) electrons. The minimum absolute atomic E-state index is 0.195. The molecule has 7 heteroatoms. The topological polar surface area (TPSA) is 54.7 Å². The van der Waals surface area contributed by atoms with Gasteiger partial charge in [0.05, 0.1) is 11.0 Å². The van der Waals surface area contributed by atoms with E-state index in [2.05, 4.69) is 37.2 Å². The van der Waals surface area contributed by atoms with Crippen LogP contribution in [0.5, 0.6) is 0 Å². The van der Waals surface area contributed by atoms with E-state index in [0.717, 1.165) is 42.6 Å². The molecular weight excluding hydrogens is 428 g/mol. The summed E-state index contributed by atoms with van der Waals surface area (Å²) in [5.74, 6) is 0.870. The van der Waals surface area contributed by atoms with Crippen molar-refractivity contribution in [2.75, 3.05) is 13.1 Å². The Balaban J connectivity index is 1.69. The third kappa shape index (κ3) is 6.47. The van der Waals surface area contributed by atoms with Crippen LogP contribution in [0, 0.1) is 0 Å². The van der Waals surface area contributed by atoms with Crippen LogP contribution in [-0.2, 0) is 11.3 Å². The van der Waals surface area contributed by atoms with Crippen molar-refractivity contribution in [3.8, 4) is 0 Å². The van der Waals surface area contributed by atoms with Crippen molar-refractivity contribution in [3.63, 3.8) is 0 Å². The van der Waals surface area contributed by atoms with Gasteiger partial charge in [-0.1, -0.05) is 0 Å². The molecule has 1 amide bonds. The maximum Gasteiger partial charge on any atom is 0.410 e. The Hall–Kier alpha value is -0.530. The van der Waals surface area contributed by atoms with E-state index in [4.69, 9.17) is 9.15 Å². The quantitative estimate of drug-likeness (QED) is 0.611. The van der Waals surface area contributed by atoms with Crippen molar-refractivity contribution in [2.45, 2.75) is 58.2 Å². The highest BCUT2D eigenvalue weighted by molar-refractivity contribution is 9.13. The Morgan fingerprint density at radius 2 is 2.13 bits per heavy atom. The number of nitrogens with zero attached hydrogens (tertiary/aromatic N) is 1. The number of nitrogens with one attached hydrogen (secondary N) is 1. The van der Waals surface area contributed by atoms with Crippen molar-refractivity contribution < 1.29 is 13.9 Å². The molecule has 1 fully saturated rings. The number of amides is 1. The third-order valence-corrected chi connectivity index (χ3v) is 5.07. The van der Waals surface area contributed by atoms with Gasteiger partial charge in [-0.3, -0.25) is 0 Å². The zero-order valence-electron chi connectivity index (χ0n) is 13.8. The summed E-state index contributed by atoms with van der Waals surface area (Å²) >= 11 is 6.71. The first-order valence-electron chi connectivity index (χ1n) is 7.90. The molecule has 1 aromatic heterocycles. The molecule has 1 aromatic rings. The number of ether oxygens (including phenoxy) is 1. The second-order valence-corrected chi connectivity index (χ2v) is 8.34. The second-order valence-electron chi connectivity index (χ2n) is 6.77. The lowest BCUT2D eigenvalue weighted by Crippen LogP contribution is -2.39. The SMILES string of the molecule is CC(C)(C)OC(=O)N(CCCNCc1cc(Br)c(Br)o1)C1CC1. The van der Waals surface area contributed by atoms with Crippen molar-refractivity contribution in [1.82, 2.24) is 10.2 Å². The highest BCUT2D eigenvalue weighted by Gasteiger charge is 2.34. The van der Waals surface area contributed by atoms with E-state index in [0.29, 0.717) is 17.3 Å². The van der Waals surface area contributed by atoms with Gasteiger partial charge < -0.3 is 19.4 Å². The molecule has 0 bridgehead atoms. The molecule has 0 atom stereocenters. The van der Waals surface area contributed by atoms with Gasteiger partial charge in [0, 0.05) is 12.6 Å². The molecule has 0 unspecified atom stereocenters. The van der Waals surface area contributed by atoms with Crippen LogP contribution in [0.3, 0.4) is 0 Å². The minimum Gasteiger partial charge on any atom is -0.452 e. The third-order valence-electron chi connectivity index (χ3n) is 3.36. The molecule has 0 spiro atoms. The highest BCUT2D eigenvalue weighted by Crippen LogP contribution is 2.28. The molecule has 1 heterocycles. The fourth-order valence-corrected chi connectivity index (χ4v) is 2.85. The highest BCUT2D eigenvalue weighted by atomic mass is 79.9. The van der Waals surface area contributed by atoms with Gasteiger partial charge in [0.15, 0.2) is 4.67 Å². The average molecular weight is 452 g/mol. The first kappa shape index (κ1) is 18.8. The Kier molecular flexibility index (Phi) is 6.57. The summed E-state index contributed by atoms with van der Waals surface area (Å²) in [6.45, 7) is 7.91. The summed E-state index contributed by atoms with van der Waals surface area (Å²) < 4.78 is 12.6. The van der Waals surface area contributed by atoms with E-state index < -0.39 is 5.60 Å². The summed E-state index contributed by atoms with van der Waals surface area (Å²) in [5, 5.41) is 3.33.